The molecule has 2 aromatic carbocycles. The Hall–Kier alpha value is -3.74. The molecule has 0 fully saturated rings. The second kappa shape index (κ2) is 7.48. The lowest BCUT2D eigenvalue weighted by molar-refractivity contribution is -0.143. The van der Waals surface area contributed by atoms with Crippen LogP contribution in [0.2, 0.25) is 0 Å². The second-order valence-corrected chi connectivity index (χ2v) is 6.26. The third kappa shape index (κ3) is 3.29. The molecule has 0 radical (unpaired) electrons. The van der Waals surface area contributed by atoms with Crippen molar-refractivity contribution < 1.29 is 14.3 Å². The highest BCUT2D eigenvalue weighted by molar-refractivity contribution is 6.14. The Balaban J connectivity index is 1.79. The van der Waals surface area contributed by atoms with Gasteiger partial charge in [0.05, 0.1) is 31.4 Å². The molecule has 2 heterocycles. The summed E-state index contributed by atoms with van der Waals surface area (Å²) in [6, 6.07) is 10.5. The number of aromatic nitrogens is 4. The Morgan fingerprint density at radius 1 is 0.821 bits per heavy atom. The van der Waals surface area contributed by atoms with Crippen LogP contribution < -0.4 is 0 Å². The Bertz CT molecular complexity index is 1190. The fourth-order valence-corrected chi connectivity index (χ4v) is 3.13. The molecule has 0 spiro atoms. The Morgan fingerprint density at radius 3 is 2.04 bits per heavy atom. The van der Waals surface area contributed by atoms with Crippen molar-refractivity contribution in [1.29, 1.82) is 0 Å². The van der Waals surface area contributed by atoms with E-state index in [-0.39, 0.29) is 12.4 Å². The highest BCUT2D eigenvalue weighted by atomic mass is 16.5. The molecule has 4 rings (SSSR count). The number of Topliss-reactive ketones (excluding diaryl/α,β-unsaturated/α-hetero) is 1. The van der Waals surface area contributed by atoms with E-state index >= 15 is 0 Å². The minimum Gasteiger partial charge on any atom is -0.465 e. The Kier molecular flexibility index (Phi) is 4.72. The van der Waals surface area contributed by atoms with Crippen LogP contribution in [0.15, 0.2) is 61.2 Å². The largest absolute Gasteiger partial charge is 0.465 e. The molecule has 0 aliphatic heterocycles. The summed E-state index contributed by atoms with van der Waals surface area (Å²) >= 11 is 0. The minimum absolute atomic E-state index is 0.189. The first kappa shape index (κ1) is 17.7. The lowest BCUT2D eigenvalue weighted by Crippen LogP contribution is -2.24. The van der Waals surface area contributed by atoms with Crippen molar-refractivity contribution in [3.05, 3.63) is 72.3 Å². The van der Waals surface area contributed by atoms with Crippen LogP contribution >= 0.6 is 0 Å². The van der Waals surface area contributed by atoms with Gasteiger partial charge in [0.25, 0.3) is 0 Å². The summed E-state index contributed by atoms with van der Waals surface area (Å²) < 4.78 is 5.19. The van der Waals surface area contributed by atoms with Gasteiger partial charge in [-0.05, 0) is 24.6 Å². The molecule has 0 aliphatic rings. The van der Waals surface area contributed by atoms with E-state index in [0.29, 0.717) is 11.1 Å². The molecule has 138 valence electrons. The first-order chi connectivity index (χ1) is 13.7. The molecule has 1 atom stereocenters. The van der Waals surface area contributed by atoms with Gasteiger partial charge in [-0.2, -0.15) is 20.4 Å². The second-order valence-electron chi connectivity index (χ2n) is 6.26. The molecule has 0 N–H and O–H groups in total. The molecule has 7 nitrogen and oxygen atoms in total. The zero-order valence-corrected chi connectivity index (χ0v) is 15.1. The fraction of sp³-hybridized carbons (Fsp3) is 0.143. The van der Waals surface area contributed by atoms with Crippen molar-refractivity contribution in [2.24, 2.45) is 0 Å². The summed E-state index contributed by atoms with van der Waals surface area (Å²) in [4.78, 5) is 25.9. The lowest BCUT2D eigenvalue weighted by Gasteiger charge is -2.16. The molecule has 28 heavy (non-hydrogen) atoms. The molecular formula is C21H16N4O3. The van der Waals surface area contributed by atoms with E-state index < -0.39 is 11.9 Å². The third-order valence-electron chi connectivity index (χ3n) is 4.52. The van der Waals surface area contributed by atoms with Gasteiger partial charge in [0, 0.05) is 27.1 Å². The summed E-state index contributed by atoms with van der Waals surface area (Å²) in [5.41, 5.74) is 0.961. The number of ketones is 1. The predicted octanol–water partition coefficient (Wildman–Crippen LogP) is 3.10. The number of carbonyl (C=O) groups excluding carboxylic acids is 2. The summed E-state index contributed by atoms with van der Waals surface area (Å²) in [6.07, 6.45) is 6.43. The Morgan fingerprint density at radius 2 is 1.39 bits per heavy atom. The van der Waals surface area contributed by atoms with Crippen LogP contribution in [0.4, 0.5) is 0 Å². The number of hydrogen-bond donors (Lipinski definition) is 0. The van der Waals surface area contributed by atoms with E-state index in [0.717, 1.165) is 21.5 Å². The summed E-state index contributed by atoms with van der Waals surface area (Å²) in [6.45, 7) is 1.90. The van der Waals surface area contributed by atoms with Crippen LogP contribution in [-0.4, -0.2) is 38.8 Å². The summed E-state index contributed by atoms with van der Waals surface area (Å²) in [7, 11) is 0. The van der Waals surface area contributed by atoms with Gasteiger partial charge in [-0.3, -0.25) is 9.59 Å². The van der Waals surface area contributed by atoms with E-state index in [1.165, 1.54) is 0 Å². The van der Waals surface area contributed by atoms with Gasteiger partial charge in [0.2, 0.25) is 0 Å². The molecule has 2 aromatic heterocycles. The number of fused-ring (bicyclic) bond motifs is 2. The third-order valence-corrected chi connectivity index (χ3v) is 4.52. The normalized spacial score (nSPS) is 12.0. The van der Waals surface area contributed by atoms with Gasteiger partial charge in [-0.1, -0.05) is 24.3 Å². The molecule has 0 saturated heterocycles. The van der Waals surface area contributed by atoms with Crippen LogP contribution in [0.25, 0.3) is 21.5 Å². The molecule has 1 unspecified atom stereocenters. The van der Waals surface area contributed by atoms with Crippen LogP contribution in [0, 0.1) is 0 Å². The number of hydrogen-bond acceptors (Lipinski definition) is 7. The van der Waals surface area contributed by atoms with E-state index in [1.807, 2.05) is 6.07 Å². The molecular weight excluding hydrogens is 356 g/mol. The van der Waals surface area contributed by atoms with Gasteiger partial charge in [0.1, 0.15) is 5.92 Å². The summed E-state index contributed by atoms with van der Waals surface area (Å²) in [5, 5.41) is 18.7. The molecule has 4 aromatic rings. The minimum atomic E-state index is -1.07. The van der Waals surface area contributed by atoms with Gasteiger partial charge >= 0.3 is 5.97 Å². The van der Waals surface area contributed by atoms with Crippen LogP contribution in [0.5, 0.6) is 0 Å². The highest BCUT2D eigenvalue weighted by Gasteiger charge is 2.31. The quantitative estimate of drug-likeness (QED) is 0.302. The average Bonchev–Trinajstić information content (AvgIpc) is 2.73. The van der Waals surface area contributed by atoms with Gasteiger partial charge in [0.15, 0.2) is 5.78 Å². The van der Waals surface area contributed by atoms with Crippen LogP contribution in [0.3, 0.4) is 0 Å². The van der Waals surface area contributed by atoms with Crippen molar-refractivity contribution in [3.63, 3.8) is 0 Å². The van der Waals surface area contributed by atoms with Crippen molar-refractivity contribution in [1.82, 2.24) is 20.4 Å². The number of esters is 1. The van der Waals surface area contributed by atoms with E-state index in [4.69, 9.17) is 4.74 Å². The monoisotopic (exact) mass is 372 g/mol. The van der Waals surface area contributed by atoms with Crippen molar-refractivity contribution in [3.8, 4) is 0 Å². The van der Waals surface area contributed by atoms with Crippen LogP contribution in [0.1, 0.15) is 28.8 Å². The van der Waals surface area contributed by atoms with Crippen LogP contribution in [-0.2, 0) is 9.53 Å². The molecule has 0 saturated carbocycles. The van der Waals surface area contributed by atoms with Crippen molar-refractivity contribution >= 4 is 33.3 Å². The molecule has 0 aliphatic carbocycles. The highest BCUT2D eigenvalue weighted by Crippen LogP contribution is 2.27. The maximum atomic E-state index is 13.3. The maximum absolute atomic E-state index is 13.3. The van der Waals surface area contributed by atoms with Crippen molar-refractivity contribution in [2.75, 3.05) is 6.61 Å². The number of nitrogens with zero attached hydrogens (tertiary/aromatic N) is 4. The lowest BCUT2D eigenvalue weighted by atomic mass is 9.89. The standard InChI is InChI=1S/C21H16N4O3/c1-2-28-21(27)19(13-3-5-15-9-22-24-11-17(15)7-13)20(26)14-4-6-16-10-23-25-12-18(16)8-14/h3-12,19H,2H2,1H3. The van der Waals surface area contributed by atoms with Crippen molar-refractivity contribution in [2.45, 2.75) is 12.8 Å². The first-order valence-corrected chi connectivity index (χ1v) is 8.79. The fourth-order valence-electron chi connectivity index (χ4n) is 3.13. The number of carbonyl (C=O) groups is 2. The Labute approximate surface area is 160 Å². The predicted molar refractivity (Wildman–Crippen MR) is 103 cm³/mol. The summed E-state index contributed by atoms with van der Waals surface area (Å²) in [5.74, 6) is -1.98. The zero-order chi connectivity index (χ0) is 19.5. The molecule has 0 amide bonds. The van der Waals surface area contributed by atoms with E-state index in [9.17, 15) is 9.59 Å². The van der Waals surface area contributed by atoms with E-state index in [1.54, 1.807) is 62.0 Å². The maximum Gasteiger partial charge on any atom is 0.321 e. The topological polar surface area (TPSA) is 94.9 Å². The van der Waals surface area contributed by atoms with Gasteiger partial charge in [-0.25, -0.2) is 0 Å². The van der Waals surface area contributed by atoms with Gasteiger partial charge in [-0.15, -0.1) is 0 Å². The molecule has 7 heteroatoms. The zero-order valence-electron chi connectivity index (χ0n) is 15.1. The number of benzene rings is 2. The number of rotatable bonds is 5. The molecule has 0 bridgehead atoms. The van der Waals surface area contributed by atoms with Gasteiger partial charge < -0.3 is 4.74 Å². The number of ether oxygens (including phenoxy) is 1. The van der Waals surface area contributed by atoms with E-state index in [2.05, 4.69) is 20.4 Å². The smallest absolute Gasteiger partial charge is 0.321 e. The average molecular weight is 372 g/mol. The first-order valence-electron chi connectivity index (χ1n) is 8.79. The SMILES string of the molecule is CCOC(=O)C(C(=O)c1ccc2cnncc2c1)c1ccc2cnncc2c1.